The van der Waals surface area contributed by atoms with E-state index < -0.39 is 0 Å². The molecule has 0 aliphatic heterocycles. The summed E-state index contributed by atoms with van der Waals surface area (Å²) in [6.07, 6.45) is 0. The molecule has 3 heteroatoms. The molecule has 0 radical (unpaired) electrons. The zero-order chi connectivity index (χ0) is 10.7. The second-order valence-corrected chi connectivity index (χ2v) is 3.73. The van der Waals surface area contributed by atoms with E-state index in [1.165, 1.54) is 5.56 Å². The summed E-state index contributed by atoms with van der Waals surface area (Å²) in [6.45, 7) is 2.04. The first-order valence-corrected chi connectivity index (χ1v) is 4.70. The van der Waals surface area contributed by atoms with Crippen molar-refractivity contribution in [3.8, 4) is 0 Å². The van der Waals surface area contributed by atoms with Crippen molar-refractivity contribution in [2.24, 2.45) is 5.73 Å². The Morgan fingerprint density at radius 3 is 2.57 bits per heavy atom. The average molecular weight is 194 g/mol. The molecule has 1 rings (SSSR count). The van der Waals surface area contributed by atoms with Gasteiger partial charge in [0.2, 0.25) is 0 Å². The van der Waals surface area contributed by atoms with Crippen molar-refractivity contribution in [1.82, 2.24) is 0 Å². The fourth-order valence-electron chi connectivity index (χ4n) is 1.44. The van der Waals surface area contributed by atoms with Crippen LogP contribution in [0.4, 0.5) is 5.69 Å². The molecule has 0 aliphatic rings. The number of hydrogen-bond donors (Lipinski definition) is 2. The Morgan fingerprint density at radius 1 is 1.43 bits per heavy atom. The van der Waals surface area contributed by atoms with Gasteiger partial charge in [0.15, 0.2) is 0 Å². The third kappa shape index (κ3) is 2.25. The molecular formula is C11H18N2O. The highest BCUT2D eigenvalue weighted by molar-refractivity contribution is 5.54. The smallest absolute Gasteiger partial charge is 0.0624 e. The van der Waals surface area contributed by atoms with Crippen molar-refractivity contribution in [3.05, 3.63) is 29.3 Å². The quantitative estimate of drug-likeness (QED) is 0.756. The molecule has 0 bridgehead atoms. The summed E-state index contributed by atoms with van der Waals surface area (Å²) in [5.41, 5.74) is 9.08. The third-order valence-corrected chi connectivity index (χ3v) is 2.34. The standard InChI is InChI=1S/C11H18N2O/c1-8-4-5-9(10(12)7-14)6-11(8)13(2)3/h4-6,10,14H,7,12H2,1-3H3. The van der Waals surface area contributed by atoms with Crippen LogP contribution >= 0.6 is 0 Å². The van der Waals surface area contributed by atoms with Gasteiger partial charge in [-0.1, -0.05) is 12.1 Å². The highest BCUT2D eigenvalue weighted by atomic mass is 16.3. The molecule has 0 aromatic heterocycles. The van der Waals surface area contributed by atoms with E-state index in [4.69, 9.17) is 10.8 Å². The number of aliphatic hydroxyl groups excluding tert-OH is 1. The van der Waals surface area contributed by atoms with Crippen molar-refractivity contribution in [2.45, 2.75) is 13.0 Å². The molecule has 0 heterocycles. The Bertz CT molecular complexity index is 310. The number of anilines is 1. The first-order chi connectivity index (χ1) is 6.56. The molecule has 0 saturated carbocycles. The minimum absolute atomic E-state index is 0.0179. The third-order valence-electron chi connectivity index (χ3n) is 2.34. The average Bonchev–Trinajstić information content (AvgIpc) is 2.17. The topological polar surface area (TPSA) is 49.5 Å². The first-order valence-electron chi connectivity index (χ1n) is 4.70. The van der Waals surface area contributed by atoms with Crippen LogP contribution in [0.3, 0.4) is 0 Å². The molecule has 1 unspecified atom stereocenters. The van der Waals surface area contributed by atoms with Gasteiger partial charge in [-0.15, -0.1) is 0 Å². The number of benzene rings is 1. The maximum absolute atomic E-state index is 8.95. The molecule has 0 fully saturated rings. The van der Waals surface area contributed by atoms with E-state index in [-0.39, 0.29) is 12.6 Å². The second-order valence-electron chi connectivity index (χ2n) is 3.73. The number of rotatable bonds is 3. The predicted molar refractivity (Wildman–Crippen MR) is 59.5 cm³/mol. The summed E-state index contributed by atoms with van der Waals surface area (Å²) in [7, 11) is 3.99. The van der Waals surface area contributed by atoms with Crippen LogP contribution in [0.15, 0.2) is 18.2 Å². The van der Waals surface area contributed by atoms with Crippen molar-refractivity contribution in [1.29, 1.82) is 0 Å². The van der Waals surface area contributed by atoms with Gasteiger partial charge in [-0.3, -0.25) is 0 Å². The summed E-state index contributed by atoms with van der Waals surface area (Å²) in [5.74, 6) is 0. The van der Waals surface area contributed by atoms with Crippen LogP contribution in [0.1, 0.15) is 17.2 Å². The lowest BCUT2D eigenvalue weighted by molar-refractivity contribution is 0.268. The van der Waals surface area contributed by atoms with Crippen LogP contribution in [0, 0.1) is 6.92 Å². The zero-order valence-corrected chi connectivity index (χ0v) is 8.99. The van der Waals surface area contributed by atoms with Gasteiger partial charge in [-0.25, -0.2) is 0 Å². The first kappa shape index (κ1) is 11.0. The maximum Gasteiger partial charge on any atom is 0.0624 e. The van der Waals surface area contributed by atoms with Crippen molar-refractivity contribution in [2.75, 3.05) is 25.6 Å². The van der Waals surface area contributed by atoms with Gasteiger partial charge in [0.25, 0.3) is 0 Å². The molecule has 0 saturated heterocycles. The number of nitrogens with two attached hydrogens (primary N) is 1. The minimum atomic E-state index is -0.283. The van der Waals surface area contributed by atoms with E-state index in [9.17, 15) is 0 Å². The normalized spacial score (nSPS) is 12.6. The molecule has 1 aromatic carbocycles. The predicted octanol–water partition coefficient (Wildman–Crippen LogP) is 1.05. The van der Waals surface area contributed by atoms with E-state index in [2.05, 4.69) is 6.92 Å². The molecule has 3 N–H and O–H groups in total. The summed E-state index contributed by atoms with van der Waals surface area (Å²) < 4.78 is 0. The lowest BCUT2D eigenvalue weighted by atomic mass is 10.0. The lowest BCUT2D eigenvalue weighted by Crippen LogP contribution is -2.16. The molecule has 1 atom stereocenters. The van der Waals surface area contributed by atoms with Gasteiger partial charge in [-0.05, 0) is 24.1 Å². The Morgan fingerprint density at radius 2 is 2.07 bits per heavy atom. The van der Waals surface area contributed by atoms with Gasteiger partial charge >= 0.3 is 0 Å². The summed E-state index contributed by atoms with van der Waals surface area (Å²) in [4.78, 5) is 2.04. The fourth-order valence-corrected chi connectivity index (χ4v) is 1.44. The van der Waals surface area contributed by atoms with Crippen molar-refractivity contribution >= 4 is 5.69 Å². The summed E-state index contributed by atoms with van der Waals surface area (Å²) in [5, 5.41) is 8.95. The maximum atomic E-state index is 8.95. The highest BCUT2D eigenvalue weighted by Crippen LogP contribution is 2.22. The van der Waals surface area contributed by atoms with Gasteiger partial charge in [0.05, 0.1) is 12.6 Å². The Balaban J connectivity index is 3.06. The fraction of sp³-hybridized carbons (Fsp3) is 0.455. The van der Waals surface area contributed by atoms with E-state index in [1.807, 2.05) is 37.2 Å². The van der Waals surface area contributed by atoms with E-state index in [0.717, 1.165) is 11.3 Å². The Labute approximate surface area is 85.2 Å². The Kier molecular flexibility index (Phi) is 3.49. The number of nitrogens with zero attached hydrogens (tertiary/aromatic N) is 1. The molecule has 3 nitrogen and oxygen atoms in total. The van der Waals surface area contributed by atoms with Crippen LogP contribution in [-0.2, 0) is 0 Å². The molecular weight excluding hydrogens is 176 g/mol. The van der Waals surface area contributed by atoms with E-state index in [0.29, 0.717) is 0 Å². The van der Waals surface area contributed by atoms with E-state index >= 15 is 0 Å². The van der Waals surface area contributed by atoms with Crippen LogP contribution in [0.2, 0.25) is 0 Å². The van der Waals surface area contributed by atoms with E-state index in [1.54, 1.807) is 0 Å². The SMILES string of the molecule is Cc1ccc(C(N)CO)cc1N(C)C. The van der Waals surface area contributed by atoms with Crippen LogP contribution in [0.25, 0.3) is 0 Å². The number of aryl methyl sites for hydroxylation is 1. The molecule has 78 valence electrons. The number of aliphatic hydroxyl groups is 1. The minimum Gasteiger partial charge on any atom is -0.394 e. The lowest BCUT2D eigenvalue weighted by Gasteiger charge is -2.18. The molecule has 1 aromatic rings. The van der Waals surface area contributed by atoms with Gasteiger partial charge < -0.3 is 15.7 Å². The Hall–Kier alpha value is -1.06. The molecule has 0 spiro atoms. The number of hydrogen-bond acceptors (Lipinski definition) is 3. The monoisotopic (exact) mass is 194 g/mol. The highest BCUT2D eigenvalue weighted by Gasteiger charge is 2.07. The molecule has 0 aliphatic carbocycles. The zero-order valence-electron chi connectivity index (χ0n) is 8.99. The van der Waals surface area contributed by atoms with Crippen molar-refractivity contribution < 1.29 is 5.11 Å². The van der Waals surface area contributed by atoms with Gasteiger partial charge in [0, 0.05) is 19.8 Å². The van der Waals surface area contributed by atoms with Crippen LogP contribution in [-0.4, -0.2) is 25.8 Å². The largest absolute Gasteiger partial charge is 0.394 e. The summed E-state index contributed by atoms with van der Waals surface area (Å²) in [6, 6.07) is 5.73. The van der Waals surface area contributed by atoms with Crippen LogP contribution in [0.5, 0.6) is 0 Å². The van der Waals surface area contributed by atoms with Gasteiger partial charge in [0.1, 0.15) is 0 Å². The van der Waals surface area contributed by atoms with Crippen molar-refractivity contribution in [3.63, 3.8) is 0 Å². The molecule has 14 heavy (non-hydrogen) atoms. The van der Waals surface area contributed by atoms with Gasteiger partial charge in [-0.2, -0.15) is 0 Å². The summed E-state index contributed by atoms with van der Waals surface area (Å²) >= 11 is 0. The molecule has 0 amide bonds. The second kappa shape index (κ2) is 4.44. The van der Waals surface area contributed by atoms with Crippen LogP contribution < -0.4 is 10.6 Å².